The summed E-state index contributed by atoms with van der Waals surface area (Å²) in [5.74, 6) is -0.0390. The number of likely N-dealkylation sites (tertiary alicyclic amines) is 1. The molecular formula is C22H23N3O3S. The van der Waals surface area contributed by atoms with Crippen molar-refractivity contribution in [2.75, 3.05) is 13.1 Å². The summed E-state index contributed by atoms with van der Waals surface area (Å²) in [6.07, 6.45) is 3.09. The number of nitrogens with one attached hydrogen (secondary N) is 1. The van der Waals surface area contributed by atoms with E-state index in [1.807, 2.05) is 36.6 Å². The molecule has 0 bridgehead atoms. The number of hydrogen-bond donors (Lipinski definition) is 1. The average Bonchev–Trinajstić information content (AvgIpc) is 3.44. The standard InChI is InChI=1S/C22H23N3O3S/c1-15-24-19(14-29-15)17-8-6-16(7-9-17)12-23-21(26)18-4-2-10-25(13-18)22(27)20-5-3-11-28-20/h3,5-9,11,14,18H,2,4,10,12-13H2,1H3,(H,23,26)/t18-/m1/s1. The predicted octanol–water partition coefficient (Wildman–Crippen LogP) is 3.88. The van der Waals surface area contributed by atoms with E-state index in [0.717, 1.165) is 34.7 Å². The summed E-state index contributed by atoms with van der Waals surface area (Å²) < 4.78 is 5.20. The van der Waals surface area contributed by atoms with Gasteiger partial charge >= 0.3 is 0 Å². The molecule has 3 heterocycles. The van der Waals surface area contributed by atoms with Gasteiger partial charge < -0.3 is 14.6 Å². The second-order valence-corrected chi connectivity index (χ2v) is 8.30. The minimum Gasteiger partial charge on any atom is -0.459 e. The highest BCUT2D eigenvalue weighted by Crippen LogP contribution is 2.22. The normalized spacial score (nSPS) is 16.6. The number of hydrogen-bond acceptors (Lipinski definition) is 5. The van der Waals surface area contributed by atoms with Crippen LogP contribution in [0.25, 0.3) is 11.3 Å². The highest BCUT2D eigenvalue weighted by Gasteiger charge is 2.29. The second kappa shape index (κ2) is 8.61. The molecule has 0 unspecified atom stereocenters. The van der Waals surface area contributed by atoms with Gasteiger partial charge in [-0.3, -0.25) is 9.59 Å². The highest BCUT2D eigenvalue weighted by atomic mass is 32.1. The second-order valence-electron chi connectivity index (χ2n) is 7.23. The lowest BCUT2D eigenvalue weighted by molar-refractivity contribution is -0.126. The van der Waals surface area contributed by atoms with Crippen molar-refractivity contribution in [2.45, 2.75) is 26.3 Å². The smallest absolute Gasteiger partial charge is 0.289 e. The molecule has 7 heteroatoms. The lowest BCUT2D eigenvalue weighted by Gasteiger charge is -2.31. The van der Waals surface area contributed by atoms with Gasteiger partial charge in [-0.25, -0.2) is 4.98 Å². The van der Waals surface area contributed by atoms with Crippen LogP contribution in [-0.4, -0.2) is 34.8 Å². The van der Waals surface area contributed by atoms with Crippen molar-refractivity contribution in [3.05, 3.63) is 64.4 Å². The van der Waals surface area contributed by atoms with Crippen LogP contribution in [0.2, 0.25) is 0 Å². The first-order valence-corrected chi connectivity index (χ1v) is 10.6. The summed E-state index contributed by atoms with van der Waals surface area (Å²) in [6.45, 7) is 3.54. The Morgan fingerprint density at radius 2 is 2.10 bits per heavy atom. The fraction of sp³-hybridized carbons (Fsp3) is 0.318. The molecule has 0 radical (unpaired) electrons. The van der Waals surface area contributed by atoms with Gasteiger partial charge in [-0.15, -0.1) is 11.3 Å². The third-order valence-electron chi connectivity index (χ3n) is 5.15. The van der Waals surface area contributed by atoms with E-state index < -0.39 is 0 Å². The van der Waals surface area contributed by atoms with Crippen molar-refractivity contribution in [3.63, 3.8) is 0 Å². The van der Waals surface area contributed by atoms with Gasteiger partial charge in [-0.2, -0.15) is 0 Å². The lowest BCUT2D eigenvalue weighted by atomic mass is 9.96. The van der Waals surface area contributed by atoms with Crippen LogP contribution in [0.15, 0.2) is 52.5 Å². The Morgan fingerprint density at radius 1 is 1.28 bits per heavy atom. The maximum Gasteiger partial charge on any atom is 0.289 e. The number of carbonyl (C=O) groups is 2. The van der Waals surface area contributed by atoms with Gasteiger partial charge in [0, 0.05) is 30.6 Å². The minimum atomic E-state index is -0.195. The van der Waals surface area contributed by atoms with Crippen LogP contribution in [0.4, 0.5) is 0 Å². The molecule has 150 valence electrons. The fourth-order valence-corrected chi connectivity index (χ4v) is 4.18. The van der Waals surface area contributed by atoms with Crippen LogP contribution in [0, 0.1) is 12.8 Å². The van der Waals surface area contributed by atoms with Gasteiger partial charge in [0.05, 0.1) is 22.9 Å². The van der Waals surface area contributed by atoms with Crippen LogP contribution in [-0.2, 0) is 11.3 Å². The van der Waals surface area contributed by atoms with Crippen molar-refractivity contribution in [2.24, 2.45) is 5.92 Å². The van der Waals surface area contributed by atoms with Gasteiger partial charge in [0.25, 0.3) is 5.91 Å². The predicted molar refractivity (Wildman–Crippen MR) is 111 cm³/mol. The molecule has 1 N–H and O–H groups in total. The summed E-state index contributed by atoms with van der Waals surface area (Å²) in [7, 11) is 0. The highest BCUT2D eigenvalue weighted by molar-refractivity contribution is 7.09. The summed E-state index contributed by atoms with van der Waals surface area (Å²) >= 11 is 1.63. The molecule has 0 aliphatic carbocycles. The van der Waals surface area contributed by atoms with Gasteiger partial charge in [0.2, 0.25) is 5.91 Å². The molecule has 29 heavy (non-hydrogen) atoms. The Balaban J connectivity index is 1.31. The molecule has 1 aliphatic heterocycles. The monoisotopic (exact) mass is 409 g/mol. The van der Waals surface area contributed by atoms with Crippen LogP contribution in [0.5, 0.6) is 0 Å². The Bertz CT molecular complexity index is 979. The van der Waals surface area contributed by atoms with E-state index >= 15 is 0 Å². The first-order chi connectivity index (χ1) is 14.1. The first-order valence-electron chi connectivity index (χ1n) is 9.72. The fourth-order valence-electron chi connectivity index (χ4n) is 3.55. The summed E-state index contributed by atoms with van der Waals surface area (Å²) in [5.41, 5.74) is 3.09. The zero-order valence-electron chi connectivity index (χ0n) is 16.3. The molecule has 1 aliphatic rings. The summed E-state index contributed by atoms with van der Waals surface area (Å²) in [4.78, 5) is 31.3. The van der Waals surface area contributed by atoms with Crippen LogP contribution < -0.4 is 5.32 Å². The maximum absolute atomic E-state index is 12.6. The molecule has 1 saturated heterocycles. The zero-order chi connectivity index (χ0) is 20.2. The molecule has 1 aromatic carbocycles. The van der Waals surface area contributed by atoms with Gasteiger partial charge in [-0.05, 0) is 37.5 Å². The molecule has 2 aromatic heterocycles. The Labute approximate surface area is 173 Å². The molecule has 3 aromatic rings. The summed E-state index contributed by atoms with van der Waals surface area (Å²) in [6, 6.07) is 11.4. The first kappa shape index (κ1) is 19.4. The minimum absolute atomic E-state index is 0.0128. The van der Waals surface area contributed by atoms with Crippen LogP contribution in [0.1, 0.15) is 34.0 Å². The molecular weight excluding hydrogens is 386 g/mol. The van der Waals surface area contributed by atoms with Crippen molar-refractivity contribution >= 4 is 23.2 Å². The average molecular weight is 410 g/mol. The van der Waals surface area contributed by atoms with Crippen LogP contribution >= 0.6 is 11.3 Å². The van der Waals surface area contributed by atoms with E-state index in [2.05, 4.69) is 10.3 Å². The number of nitrogens with zero attached hydrogens (tertiary/aromatic N) is 2. The summed E-state index contributed by atoms with van der Waals surface area (Å²) in [5, 5.41) is 6.10. The molecule has 2 amide bonds. The van der Waals surface area contributed by atoms with Crippen LogP contribution in [0.3, 0.4) is 0 Å². The molecule has 1 atom stereocenters. The number of aromatic nitrogens is 1. The lowest BCUT2D eigenvalue weighted by Crippen LogP contribution is -2.45. The molecule has 0 spiro atoms. The number of benzene rings is 1. The third-order valence-corrected chi connectivity index (χ3v) is 5.92. The topological polar surface area (TPSA) is 75.4 Å². The quantitative estimate of drug-likeness (QED) is 0.694. The molecule has 0 saturated carbocycles. The van der Waals surface area contributed by atoms with Gasteiger partial charge in [0.15, 0.2) is 5.76 Å². The van der Waals surface area contributed by atoms with Crippen molar-refractivity contribution in [1.82, 2.24) is 15.2 Å². The number of aryl methyl sites for hydroxylation is 1. The van der Waals surface area contributed by atoms with E-state index in [9.17, 15) is 9.59 Å². The number of amides is 2. The Hall–Kier alpha value is -2.93. The number of piperidine rings is 1. The number of furan rings is 1. The van der Waals surface area contributed by atoms with Gasteiger partial charge in [0.1, 0.15) is 0 Å². The van der Waals surface area contributed by atoms with E-state index in [-0.39, 0.29) is 17.7 Å². The van der Waals surface area contributed by atoms with E-state index in [4.69, 9.17) is 4.42 Å². The SMILES string of the molecule is Cc1nc(-c2ccc(CNC(=O)[C@@H]3CCCN(C(=O)c4ccco4)C3)cc2)cs1. The molecule has 4 rings (SSSR count). The number of rotatable bonds is 5. The van der Waals surface area contributed by atoms with Crippen molar-refractivity contribution in [1.29, 1.82) is 0 Å². The van der Waals surface area contributed by atoms with E-state index in [1.165, 1.54) is 6.26 Å². The molecule has 1 fully saturated rings. The van der Waals surface area contributed by atoms with Crippen molar-refractivity contribution < 1.29 is 14.0 Å². The maximum atomic E-state index is 12.6. The number of carbonyl (C=O) groups excluding carboxylic acids is 2. The zero-order valence-corrected chi connectivity index (χ0v) is 17.1. The largest absolute Gasteiger partial charge is 0.459 e. The molecule has 6 nitrogen and oxygen atoms in total. The van der Waals surface area contributed by atoms with Gasteiger partial charge in [-0.1, -0.05) is 24.3 Å². The Kier molecular flexibility index (Phi) is 5.76. The van der Waals surface area contributed by atoms with E-state index in [0.29, 0.717) is 25.4 Å². The number of thiazole rings is 1. The van der Waals surface area contributed by atoms with E-state index in [1.54, 1.807) is 28.4 Å². The third kappa shape index (κ3) is 4.56. The Morgan fingerprint density at radius 3 is 2.79 bits per heavy atom. The van der Waals surface area contributed by atoms with Crippen molar-refractivity contribution in [3.8, 4) is 11.3 Å².